The van der Waals surface area contributed by atoms with E-state index in [0.29, 0.717) is 62.9 Å². The maximum Gasteiger partial charge on any atom is 0.410 e. The van der Waals surface area contributed by atoms with Crippen molar-refractivity contribution in [3.8, 4) is 11.5 Å². The Morgan fingerprint density at radius 2 is 1.65 bits per heavy atom. The fraction of sp³-hybridized carbons (Fsp3) is 0.357. The van der Waals surface area contributed by atoms with Gasteiger partial charge in [0.25, 0.3) is 5.91 Å². The Labute approximate surface area is 221 Å². The molecular formula is C28H33N3O5S. The number of ether oxygens (including phenoxy) is 3. The molecule has 2 aromatic carbocycles. The van der Waals surface area contributed by atoms with Crippen molar-refractivity contribution in [3.05, 3.63) is 70.1 Å². The molecule has 0 saturated heterocycles. The predicted octanol–water partition coefficient (Wildman–Crippen LogP) is 5.92. The lowest BCUT2D eigenvalue weighted by Crippen LogP contribution is -2.36. The number of rotatable bonds is 10. The smallest absolute Gasteiger partial charge is 0.410 e. The van der Waals surface area contributed by atoms with E-state index in [0.717, 1.165) is 26.8 Å². The molecule has 1 aliphatic rings. The minimum absolute atomic E-state index is 0.213. The molecule has 0 radical (unpaired) electrons. The van der Waals surface area contributed by atoms with Gasteiger partial charge < -0.3 is 29.7 Å². The highest BCUT2D eigenvalue weighted by Gasteiger charge is 2.30. The number of benzene rings is 2. The van der Waals surface area contributed by atoms with Crippen LogP contribution in [0.15, 0.2) is 48.5 Å². The standard InChI is InChI=1S/C28H33N3O5S/c1-4-34-22-13-9-7-11-19(22)17-29-27-25(26(32)30-21-12-8-10-14-23(21)35-5-2)20-15-16-31(18-24(20)37-27)28(33)36-6-3/h7-14,29H,4-6,15-18H2,1-3H3,(H,30,32). The number of hydrogen-bond donors (Lipinski definition) is 2. The lowest BCUT2D eigenvalue weighted by Gasteiger charge is -2.26. The van der Waals surface area contributed by atoms with Crippen LogP contribution in [0, 0.1) is 0 Å². The zero-order valence-electron chi connectivity index (χ0n) is 21.5. The molecule has 0 saturated carbocycles. The van der Waals surface area contributed by atoms with Crippen molar-refractivity contribution in [2.24, 2.45) is 0 Å². The number of thiophene rings is 1. The summed E-state index contributed by atoms with van der Waals surface area (Å²) in [6, 6.07) is 15.3. The SMILES string of the molecule is CCOC(=O)N1CCc2c(sc(NCc3ccccc3OCC)c2C(=O)Nc2ccccc2OCC)C1. The molecular weight excluding hydrogens is 490 g/mol. The van der Waals surface area contributed by atoms with Gasteiger partial charge in [0, 0.05) is 23.5 Å². The van der Waals surface area contributed by atoms with Crippen LogP contribution in [0.25, 0.3) is 0 Å². The summed E-state index contributed by atoms with van der Waals surface area (Å²) in [6.45, 7) is 8.44. The second-order valence-corrected chi connectivity index (χ2v) is 9.46. The van der Waals surface area contributed by atoms with Crippen LogP contribution in [0.4, 0.5) is 15.5 Å². The zero-order chi connectivity index (χ0) is 26.2. The van der Waals surface area contributed by atoms with Crippen molar-refractivity contribution in [2.45, 2.75) is 40.3 Å². The fourth-order valence-electron chi connectivity index (χ4n) is 4.30. The van der Waals surface area contributed by atoms with E-state index in [-0.39, 0.29) is 12.0 Å². The third kappa shape index (κ3) is 6.17. The van der Waals surface area contributed by atoms with Crippen LogP contribution in [0.2, 0.25) is 0 Å². The Bertz CT molecular complexity index is 1240. The zero-order valence-corrected chi connectivity index (χ0v) is 22.3. The van der Waals surface area contributed by atoms with Gasteiger partial charge in [0.15, 0.2) is 0 Å². The maximum atomic E-state index is 13.7. The summed E-state index contributed by atoms with van der Waals surface area (Å²) in [7, 11) is 0. The third-order valence-corrected chi connectivity index (χ3v) is 7.13. The molecule has 0 atom stereocenters. The average Bonchev–Trinajstić information content (AvgIpc) is 3.27. The molecule has 0 aliphatic carbocycles. The second-order valence-electron chi connectivity index (χ2n) is 8.36. The van der Waals surface area contributed by atoms with Gasteiger partial charge in [-0.15, -0.1) is 11.3 Å². The Morgan fingerprint density at radius 3 is 2.41 bits per heavy atom. The number of carbonyl (C=O) groups excluding carboxylic acids is 2. The van der Waals surface area contributed by atoms with Crippen LogP contribution in [0.1, 0.15) is 47.1 Å². The van der Waals surface area contributed by atoms with Crippen molar-refractivity contribution in [3.63, 3.8) is 0 Å². The molecule has 1 aromatic heterocycles. The van der Waals surface area contributed by atoms with Crippen LogP contribution in [0.3, 0.4) is 0 Å². The largest absolute Gasteiger partial charge is 0.494 e. The molecule has 0 spiro atoms. The molecule has 0 bridgehead atoms. The molecule has 196 valence electrons. The minimum Gasteiger partial charge on any atom is -0.494 e. The van der Waals surface area contributed by atoms with E-state index >= 15 is 0 Å². The molecule has 37 heavy (non-hydrogen) atoms. The number of nitrogens with zero attached hydrogens (tertiary/aromatic N) is 1. The van der Waals surface area contributed by atoms with E-state index in [9.17, 15) is 9.59 Å². The highest BCUT2D eigenvalue weighted by molar-refractivity contribution is 7.16. The van der Waals surface area contributed by atoms with Gasteiger partial charge in [0.2, 0.25) is 0 Å². The third-order valence-electron chi connectivity index (χ3n) is 5.96. The lowest BCUT2D eigenvalue weighted by atomic mass is 10.0. The minimum atomic E-state index is -0.335. The second kappa shape index (κ2) is 12.5. The van der Waals surface area contributed by atoms with E-state index in [1.807, 2.05) is 62.4 Å². The molecule has 2 amide bonds. The van der Waals surface area contributed by atoms with Gasteiger partial charge in [-0.2, -0.15) is 0 Å². The number of carbonyl (C=O) groups is 2. The molecule has 2 N–H and O–H groups in total. The number of fused-ring (bicyclic) bond motifs is 1. The maximum absolute atomic E-state index is 13.7. The lowest BCUT2D eigenvalue weighted by molar-refractivity contribution is 0.102. The topological polar surface area (TPSA) is 89.1 Å². The van der Waals surface area contributed by atoms with Crippen LogP contribution in [0.5, 0.6) is 11.5 Å². The summed E-state index contributed by atoms with van der Waals surface area (Å²) >= 11 is 1.50. The number of para-hydroxylation sites is 3. The van der Waals surface area contributed by atoms with Gasteiger partial charge in [0.1, 0.15) is 16.5 Å². The summed E-state index contributed by atoms with van der Waals surface area (Å²) in [5, 5.41) is 7.28. The Balaban J connectivity index is 1.64. The summed E-state index contributed by atoms with van der Waals surface area (Å²) < 4.78 is 16.7. The van der Waals surface area contributed by atoms with Crippen molar-refractivity contribution < 1.29 is 23.8 Å². The predicted molar refractivity (Wildman–Crippen MR) is 146 cm³/mol. The van der Waals surface area contributed by atoms with Gasteiger partial charge in [-0.1, -0.05) is 30.3 Å². The quantitative estimate of drug-likeness (QED) is 0.343. The summed E-state index contributed by atoms with van der Waals surface area (Å²) in [5.74, 6) is 1.22. The number of hydrogen-bond acceptors (Lipinski definition) is 7. The first-order chi connectivity index (χ1) is 18.0. The Kier molecular flexibility index (Phi) is 8.90. The Morgan fingerprint density at radius 1 is 0.946 bits per heavy atom. The monoisotopic (exact) mass is 523 g/mol. The molecule has 1 aliphatic heterocycles. The molecule has 0 unspecified atom stereocenters. The van der Waals surface area contributed by atoms with Crippen molar-refractivity contribution in [2.75, 3.05) is 37.0 Å². The summed E-state index contributed by atoms with van der Waals surface area (Å²) in [4.78, 5) is 28.7. The first kappa shape index (κ1) is 26.3. The molecule has 2 heterocycles. The number of amides is 2. The first-order valence-electron chi connectivity index (χ1n) is 12.6. The fourth-order valence-corrected chi connectivity index (χ4v) is 5.55. The Hall–Kier alpha value is -3.72. The summed E-state index contributed by atoms with van der Waals surface area (Å²) in [6.07, 6.45) is 0.232. The van der Waals surface area contributed by atoms with Crippen molar-refractivity contribution >= 4 is 34.0 Å². The van der Waals surface area contributed by atoms with E-state index in [4.69, 9.17) is 14.2 Å². The van der Waals surface area contributed by atoms with E-state index in [2.05, 4.69) is 10.6 Å². The van der Waals surface area contributed by atoms with E-state index < -0.39 is 0 Å². The van der Waals surface area contributed by atoms with Crippen molar-refractivity contribution in [1.82, 2.24) is 4.90 Å². The van der Waals surface area contributed by atoms with Gasteiger partial charge in [-0.3, -0.25) is 4.79 Å². The summed E-state index contributed by atoms with van der Waals surface area (Å²) in [5.41, 5.74) is 3.17. The molecule has 3 aromatic rings. The van der Waals surface area contributed by atoms with Crippen molar-refractivity contribution in [1.29, 1.82) is 0 Å². The highest BCUT2D eigenvalue weighted by Crippen LogP contribution is 2.39. The molecule has 4 rings (SSSR count). The van der Waals surface area contributed by atoms with Gasteiger partial charge >= 0.3 is 6.09 Å². The molecule has 8 nitrogen and oxygen atoms in total. The average molecular weight is 524 g/mol. The van der Waals surface area contributed by atoms with Crippen LogP contribution >= 0.6 is 11.3 Å². The van der Waals surface area contributed by atoms with Gasteiger partial charge in [0.05, 0.1) is 37.6 Å². The van der Waals surface area contributed by atoms with E-state index in [1.54, 1.807) is 11.8 Å². The van der Waals surface area contributed by atoms with E-state index in [1.165, 1.54) is 11.3 Å². The number of nitrogens with one attached hydrogen (secondary N) is 2. The number of anilines is 2. The first-order valence-corrected chi connectivity index (χ1v) is 13.4. The van der Waals surface area contributed by atoms with Gasteiger partial charge in [-0.25, -0.2) is 4.79 Å². The molecule has 0 fully saturated rings. The van der Waals surface area contributed by atoms with Crippen LogP contribution in [-0.2, 0) is 24.2 Å². The normalized spacial score (nSPS) is 12.5. The molecule has 9 heteroatoms. The van der Waals surface area contributed by atoms with Crippen LogP contribution < -0.4 is 20.1 Å². The van der Waals surface area contributed by atoms with Crippen LogP contribution in [-0.4, -0.2) is 43.3 Å². The highest BCUT2D eigenvalue weighted by atomic mass is 32.1. The van der Waals surface area contributed by atoms with Gasteiger partial charge in [-0.05, 0) is 51.0 Å².